The lowest BCUT2D eigenvalue weighted by Gasteiger charge is -2.35. The van der Waals surface area contributed by atoms with E-state index in [9.17, 15) is 0 Å². The van der Waals surface area contributed by atoms with Crippen molar-refractivity contribution >= 4 is 24.2 Å². The molecule has 0 aromatic carbocycles. The fourth-order valence-electron chi connectivity index (χ4n) is 1.09. The summed E-state index contributed by atoms with van der Waals surface area (Å²) in [5.74, 6) is 0.686. The molecule has 0 aliphatic rings. The lowest BCUT2D eigenvalue weighted by atomic mass is 10.2. The van der Waals surface area contributed by atoms with Crippen LogP contribution in [-0.2, 0) is 17.5 Å². The van der Waals surface area contributed by atoms with Gasteiger partial charge in [-0.15, -0.1) is 0 Å². The van der Waals surface area contributed by atoms with Crippen molar-refractivity contribution in [3.05, 3.63) is 17.8 Å². The molecule has 0 saturated carbocycles. The summed E-state index contributed by atoms with van der Waals surface area (Å²) in [6, 6.07) is 0. The molecule has 17 heavy (non-hydrogen) atoms. The molecule has 0 spiro atoms. The van der Waals surface area contributed by atoms with Gasteiger partial charge in [-0.3, -0.25) is 0 Å². The molecule has 0 saturated heterocycles. The minimum Gasteiger partial charge on any atom is -0.446 e. The number of alkyl halides is 1. The van der Waals surface area contributed by atoms with Crippen LogP contribution in [0, 0.1) is 0 Å². The normalized spacial score (nSPS) is 13.1. The first-order valence-electron chi connectivity index (χ1n) is 5.89. The first kappa shape index (κ1) is 14.9. The van der Waals surface area contributed by atoms with E-state index in [2.05, 4.69) is 54.8 Å². The van der Waals surface area contributed by atoms with Gasteiger partial charge in [0.25, 0.3) is 0 Å². The van der Waals surface area contributed by atoms with Crippen LogP contribution in [0.4, 0.5) is 0 Å². The van der Waals surface area contributed by atoms with Crippen LogP contribution in [0.1, 0.15) is 32.4 Å². The molecule has 0 fully saturated rings. The van der Waals surface area contributed by atoms with Gasteiger partial charge in [0.15, 0.2) is 8.32 Å². The zero-order chi connectivity index (χ0) is 13.1. The fraction of sp³-hybridized carbons (Fsp3) is 0.750. The summed E-state index contributed by atoms with van der Waals surface area (Å²) in [5.41, 5.74) is 0.982. The largest absolute Gasteiger partial charge is 0.446 e. The molecule has 0 radical (unpaired) electrons. The Bertz CT molecular complexity index is 358. The second-order valence-electron chi connectivity index (χ2n) is 5.72. The van der Waals surface area contributed by atoms with Crippen LogP contribution in [-0.4, -0.2) is 18.6 Å². The predicted octanol–water partition coefficient (Wildman–Crippen LogP) is 4.13. The summed E-state index contributed by atoms with van der Waals surface area (Å²) < 4.78 is 11.4. The highest BCUT2D eigenvalue weighted by molar-refractivity contribution is 9.09. The summed E-state index contributed by atoms with van der Waals surface area (Å²) in [7, 11) is -1.71. The molecule has 0 bridgehead atoms. The molecule has 3 nitrogen and oxygen atoms in total. The van der Waals surface area contributed by atoms with Crippen LogP contribution < -0.4 is 0 Å². The SMILES string of the molecule is CC(C)(C)[Si](C)(C)OCc1nc(CCBr)co1. The molecule has 1 aromatic heterocycles. The quantitative estimate of drug-likeness (QED) is 0.604. The Hall–Kier alpha value is -0.133. The van der Waals surface area contributed by atoms with Crippen molar-refractivity contribution in [1.82, 2.24) is 4.98 Å². The number of oxazole rings is 1. The Balaban J connectivity index is 2.55. The molecule has 0 N–H and O–H groups in total. The monoisotopic (exact) mass is 319 g/mol. The number of aromatic nitrogens is 1. The molecule has 0 atom stereocenters. The van der Waals surface area contributed by atoms with Gasteiger partial charge in [-0.1, -0.05) is 36.7 Å². The Labute approximate surface area is 113 Å². The highest BCUT2D eigenvalue weighted by Crippen LogP contribution is 2.36. The second-order valence-corrected chi connectivity index (χ2v) is 11.3. The third-order valence-electron chi connectivity index (χ3n) is 3.31. The van der Waals surface area contributed by atoms with Crippen molar-refractivity contribution < 1.29 is 8.84 Å². The molecule has 0 unspecified atom stereocenters. The first-order chi connectivity index (χ1) is 7.76. The molecular weight excluding hydrogens is 298 g/mol. The van der Waals surface area contributed by atoms with Crippen molar-refractivity contribution in [2.75, 3.05) is 5.33 Å². The van der Waals surface area contributed by atoms with Gasteiger partial charge >= 0.3 is 0 Å². The minimum absolute atomic E-state index is 0.221. The summed E-state index contributed by atoms with van der Waals surface area (Å²) in [4.78, 5) is 4.39. The molecule has 98 valence electrons. The highest BCUT2D eigenvalue weighted by atomic mass is 79.9. The molecule has 0 aliphatic carbocycles. The summed E-state index contributed by atoms with van der Waals surface area (Å²) in [5, 5.41) is 1.13. The predicted molar refractivity (Wildman–Crippen MR) is 76.0 cm³/mol. The van der Waals surface area contributed by atoms with E-state index >= 15 is 0 Å². The number of rotatable bonds is 5. The van der Waals surface area contributed by atoms with Crippen LogP contribution in [0.2, 0.25) is 18.1 Å². The van der Waals surface area contributed by atoms with Gasteiger partial charge in [-0.05, 0) is 18.1 Å². The van der Waals surface area contributed by atoms with Crippen molar-refractivity contribution in [3.8, 4) is 0 Å². The molecular formula is C12H22BrNO2Si. The van der Waals surface area contributed by atoms with E-state index in [1.54, 1.807) is 6.26 Å². The first-order valence-corrected chi connectivity index (χ1v) is 9.92. The van der Waals surface area contributed by atoms with Crippen molar-refractivity contribution in [1.29, 1.82) is 0 Å². The smallest absolute Gasteiger partial charge is 0.218 e. The zero-order valence-electron chi connectivity index (χ0n) is 11.3. The van der Waals surface area contributed by atoms with E-state index in [0.29, 0.717) is 12.5 Å². The Kier molecular flexibility index (Phi) is 4.98. The summed E-state index contributed by atoms with van der Waals surface area (Å²) in [6.07, 6.45) is 2.61. The standard InChI is InChI=1S/C12H22BrNO2Si/c1-12(2,3)17(4,5)16-9-11-14-10(6-7-13)8-15-11/h8H,6-7,9H2,1-5H3. The third-order valence-corrected chi connectivity index (χ3v) is 8.19. The van der Waals surface area contributed by atoms with E-state index in [-0.39, 0.29) is 5.04 Å². The van der Waals surface area contributed by atoms with Gasteiger partial charge < -0.3 is 8.84 Å². The minimum atomic E-state index is -1.71. The van der Waals surface area contributed by atoms with E-state index in [1.807, 2.05) is 0 Å². The van der Waals surface area contributed by atoms with Gasteiger partial charge in [0.1, 0.15) is 12.9 Å². The molecule has 5 heteroatoms. The van der Waals surface area contributed by atoms with Crippen molar-refractivity contribution in [2.24, 2.45) is 0 Å². The average Bonchev–Trinajstić information content (AvgIpc) is 2.62. The van der Waals surface area contributed by atoms with Gasteiger partial charge in [-0.2, -0.15) is 0 Å². The molecule has 1 heterocycles. The van der Waals surface area contributed by atoms with Gasteiger partial charge in [0.05, 0.1) is 5.69 Å². The van der Waals surface area contributed by atoms with E-state index in [0.717, 1.165) is 17.4 Å². The number of halogens is 1. The Morgan fingerprint density at radius 1 is 1.41 bits per heavy atom. The van der Waals surface area contributed by atoms with Gasteiger partial charge in [-0.25, -0.2) is 4.98 Å². The topological polar surface area (TPSA) is 35.3 Å². The van der Waals surface area contributed by atoms with Gasteiger partial charge in [0.2, 0.25) is 5.89 Å². The van der Waals surface area contributed by atoms with Crippen LogP contribution in [0.15, 0.2) is 10.7 Å². The fourth-order valence-corrected chi connectivity index (χ4v) is 2.41. The zero-order valence-corrected chi connectivity index (χ0v) is 13.9. The molecule has 1 rings (SSSR count). The highest BCUT2D eigenvalue weighted by Gasteiger charge is 2.37. The summed E-state index contributed by atoms with van der Waals surface area (Å²) >= 11 is 3.39. The number of aryl methyl sites for hydroxylation is 1. The second kappa shape index (κ2) is 5.67. The van der Waals surface area contributed by atoms with Crippen LogP contribution in [0.25, 0.3) is 0 Å². The number of hydrogen-bond donors (Lipinski definition) is 0. The van der Waals surface area contributed by atoms with Crippen LogP contribution in [0.3, 0.4) is 0 Å². The van der Waals surface area contributed by atoms with E-state index < -0.39 is 8.32 Å². The molecule has 0 aliphatic heterocycles. The maximum atomic E-state index is 6.04. The molecule has 0 amide bonds. The van der Waals surface area contributed by atoms with E-state index in [4.69, 9.17) is 8.84 Å². The lowest BCUT2D eigenvalue weighted by molar-refractivity contribution is 0.240. The lowest BCUT2D eigenvalue weighted by Crippen LogP contribution is -2.40. The Morgan fingerprint density at radius 2 is 2.06 bits per heavy atom. The third kappa shape index (κ3) is 4.23. The van der Waals surface area contributed by atoms with Gasteiger partial charge in [0, 0.05) is 11.8 Å². The van der Waals surface area contributed by atoms with E-state index in [1.165, 1.54) is 0 Å². The maximum absolute atomic E-state index is 6.04. The Morgan fingerprint density at radius 3 is 2.59 bits per heavy atom. The van der Waals surface area contributed by atoms with Crippen LogP contribution in [0.5, 0.6) is 0 Å². The molecule has 1 aromatic rings. The number of hydrogen-bond acceptors (Lipinski definition) is 3. The van der Waals surface area contributed by atoms with Crippen LogP contribution >= 0.6 is 15.9 Å². The average molecular weight is 320 g/mol. The van der Waals surface area contributed by atoms with Crippen molar-refractivity contribution in [2.45, 2.75) is 51.9 Å². The number of nitrogens with zero attached hydrogens (tertiary/aromatic N) is 1. The summed E-state index contributed by atoms with van der Waals surface area (Å²) in [6.45, 7) is 11.6. The van der Waals surface area contributed by atoms with Crippen molar-refractivity contribution in [3.63, 3.8) is 0 Å². The maximum Gasteiger partial charge on any atom is 0.218 e.